The number of rotatable bonds is 8. The van der Waals surface area contributed by atoms with E-state index in [1.165, 1.54) is 0 Å². The third kappa shape index (κ3) is 6.57. The van der Waals surface area contributed by atoms with Crippen LogP contribution in [-0.2, 0) is 16.1 Å². The van der Waals surface area contributed by atoms with Crippen LogP contribution in [0.25, 0.3) is 0 Å². The third-order valence-electron chi connectivity index (χ3n) is 3.57. The van der Waals surface area contributed by atoms with Gasteiger partial charge in [0.25, 0.3) is 11.4 Å². The number of nitro groups is 2. The number of hydrogen-bond donors (Lipinski definition) is 2. The number of carbonyl (C=O) groups is 1. The van der Waals surface area contributed by atoms with Crippen molar-refractivity contribution in [2.24, 2.45) is 0 Å². The van der Waals surface area contributed by atoms with Crippen LogP contribution in [-0.4, -0.2) is 25.8 Å². The summed E-state index contributed by atoms with van der Waals surface area (Å²) in [5, 5.41) is 24.3. The lowest BCUT2D eigenvalue weighted by atomic mass is 10.2. The first-order chi connectivity index (χ1) is 14.0. The molecule has 0 aliphatic rings. The Bertz CT molecular complexity index is 955. The Morgan fingerprint density at radius 3 is 2.20 bits per heavy atom. The topological polar surface area (TPSA) is 137 Å². The van der Waals surface area contributed by atoms with Crippen molar-refractivity contribution in [3.8, 4) is 0 Å². The van der Waals surface area contributed by atoms with Crippen molar-refractivity contribution in [3.63, 3.8) is 0 Å². The average Bonchev–Trinajstić information content (AvgIpc) is 2.65. The van der Waals surface area contributed by atoms with Crippen LogP contribution in [0.4, 0.5) is 17.1 Å². The molecular weight excluding hydrogens is 486 g/mol. The summed E-state index contributed by atoms with van der Waals surface area (Å²) in [6.07, 6.45) is -1.62. The third-order valence-corrected chi connectivity index (χ3v) is 4.52. The van der Waals surface area contributed by atoms with Crippen LogP contribution in [0.5, 0.6) is 0 Å². The highest BCUT2D eigenvalue weighted by molar-refractivity contribution is 6.68. The fraction of sp³-hybridized carbons (Fsp3) is 0.188. The zero-order chi connectivity index (χ0) is 22.5. The van der Waals surface area contributed by atoms with E-state index in [0.717, 1.165) is 12.1 Å². The van der Waals surface area contributed by atoms with Gasteiger partial charge in [0.1, 0.15) is 10.7 Å². The normalized spacial score (nSPS) is 12.1. The number of hydroxylamine groups is 1. The van der Waals surface area contributed by atoms with E-state index in [4.69, 9.17) is 51.2 Å². The summed E-state index contributed by atoms with van der Waals surface area (Å²) in [6, 6.07) is 10.2. The number of nitrogens with zero attached hydrogens (tertiary/aromatic N) is 2. The van der Waals surface area contributed by atoms with Crippen LogP contribution in [0, 0.1) is 20.2 Å². The lowest BCUT2D eigenvalue weighted by Crippen LogP contribution is -2.47. The average molecular weight is 498 g/mol. The number of benzene rings is 2. The van der Waals surface area contributed by atoms with Crippen LogP contribution >= 0.6 is 46.4 Å². The molecule has 0 heterocycles. The Balaban J connectivity index is 2.22. The van der Waals surface area contributed by atoms with Gasteiger partial charge < -0.3 is 10.2 Å². The maximum Gasteiger partial charge on any atom is 0.329 e. The Labute approximate surface area is 189 Å². The molecule has 1 atom stereocenters. The van der Waals surface area contributed by atoms with E-state index in [1.807, 2.05) is 0 Å². The standard InChI is InChI=1S/C16H12Cl4N4O6/c17-10-7-13(24(28)29)11(8-12(10)23(26)27)21-15(16(18,19)20)22-30-14(25)6-9-4-2-1-3-5-9/h1-5,7-8,15,21-22H,6H2/t15-/m0/s1. The van der Waals surface area contributed by atoms with Gasteiger partial charge in [-0.25, -0.2) is 0 Å². The second-order valence-electron chi connectivity index (χ2n) is 5.71. The second-order valence-corrected chi connectivity index (χ2v) is 8.48. The summed E-state index contributed by atoms with van der Waals surface area (Å²) in [5.74, 6) is -0.737. The first-order valence-corrected chi connectivity index (χ1v) is 9.45. The molecule has 0 aliphatic carbocycles. The number of nitro benzene ring substituents is 2. The molecule has 0 amide bonds. The van der Waals surface area contributed by atoms with Gasteiger partial charge in [-0.1, -0.05) is 76.7 Å². The maximum absolute atomic E-state index is 12.0. The SMILES string of the molecule is O=C(Cc1ccccc1)ON[C@H](Nc1cc([N+](=O)[O-])c(Cl)cc1[N+](=O)[O-])C(Cl)(Cl)Cl. The molecule has 2 aromatic rings. The van der Waals surface area contributed by atoms with Gasteiger partial charge in [0.15, 0.2) is 6.17 Å². The van der Waals surface area contributed by atoms with E-state index in [0.29, 0.717) is 5.56 Å². The number of halogens is 4. The molecule has 2 rings (SSSR count). The predicted octanol–water partition coefficient (Wildman–Crippen LogP) is 4.56. The van der Waals surface area contributed by atoms with Crippen LogP contribution in [0.3, 0.4) is 0 Å². The molecule has 0 unspecified atom stereocenters. The first-order valence-electron chi connectivity index (χ1n) is 7.93. The largest absolute Gasteiger partial charge is 0.368 e. The molecule has 0 spiro atoms. The first kappa shape index (κ1) is 23.9. The Morgan fingerprint density at radius 1 is 1.07 bits per heavy atom. The molecule has 30 heavy (non-hydrogen) atoms. The minimum Gasteiger partial charge on any atom is -0.368 e. The van der Waals surface area contributed by atoms with Crippen molar-refractivity contribution in [2.45, 2.75) is 16.4 Å². The number of carbonyl (C=O) groups excluding carboxylic acids is 1. The number of hydrogen-bond acceptors (Lipinski definition) is 8. The minimum atomic E-state index is -2.19. The van der Waals surface area contributed by atoms with E-state index >= 15 is 0 Å². The molecular formula is C16H12Cl4N4O6. The van der Waals surface area contributed by atoms with Gasteiger partial charge in [-0.3, -0.25) is 25.0 Å². The molecule has 2 N–H and O–H groups in total. The fourth-order valence-corrected chi connectivity index (χ4v) is 2.74. The quantitative estimate of drug-likeness (QED) is 0.234. The zero-order valence-electron chi connectivity index (χ0n) is 14.7. The molecule has 2 aromatic carbocycles. The Kier molecular flexibility index (Phi) is 8.04. The van der Waals surface area contributed by atoms with Crippen molar-refractivity contribution in [1.29, 1.82) is 0 Å². The van der Waals surface area contributed by atoms with Crippen molar-refractivity contribution in [1.82, 2.24) is 5.48 Å². The lowest BCUT2D eigenvalue weighted by molar-refractivity contribution is -0.388. The van der Waals surface area contributed by atoms with E-state index in [2.05, 4.69) is 10.8 Å². The minimum absolute atomic E-state index is 0.104. The van der Waals surface area contributed by atoms with Crippen LogP contribution in [0.15, 0.2) is 42.5 Å². The molecule has 0 aliphatic heterocycles. The van der Waals surface area contributed by atoms with E-state index < -0.39 is 42.2 Å². The molecule has 0 aromatic heterocycles. The van der Waals surface area contributed by atoms with Gasteiger partial charge in [0, 0.05) is 12.1 Å². The summed E-state index contributed by atoms with van der Waals surface area (Å²) < 4.78 is -2.19. The molecule has 10 nitrogen and oxygen atoms in total. The van der Waals surface area contributed by atoms with Gasteiger partial charge in [0.05, 0.1) is 16.3 Å². The predicted molar refractivity (Wildman–Crippen MR) is 112 cm³/mol. The molecule has 160 valence electrons. The summed E-state index contributed by atoms with van der Waals surface area (Å²) in [7, 11) is 0. The van der Waals surface area contributed by atoms with Gasteiger partial charge >= 0.3 is 5.97 Å². The van der Waals surface area contributed by atoms with Crippen LogP contribution in [0.1, 0.15) is 5.56 Å². The zero-order valence-corrected chi connectivity index (χ0v) is 17.7. The molecule has 0 bridgehead atoms. The van der Waals surface area contributed by atoms with E-state index in [9.17, 15) is 25.0 Å². The monoisotopic (exact) mass is 496 g/mol. The van der Waals surface area contributed by atoms with Crippen LogP contribution < -0.4 is 10.8 Å². The molecule has 0 radical (unpaired) electrons. The summed E-state index contributed by atoms with van der Waals surface area (Å²) in [6.45, 7) is 0. The van der Waals surface area contributed by atoms with Crippen molar-refractivity contribution in [3.05, 3.63) is 73.3 Å². The highest BCUT2D eigenvalue weighted by Crippen LogP contribution is 2.38. The molecule has 0 saturated heterocycles. The van der Waals surface area contributed by atoms with E-state index in [1.54, 1.807) is 30.3 Å². The summed E-state index contributed by atoms with van der Waals surface area (Å²) in [4.78, 5) is 37.6. The molecule has 0 saturated carbocycles. The Morgan fingerprint density at radius 2 is 1.67 bits per heavy atom. The highest BCUT2D eigenvalue weighted by atomic mass is 35.6. The lowest BCUT2D eigenvalue weighted by Gasteiger charge is -2.26. The number of nitrogens with one attached hydrogen (secondary N) is 2. The van der Waals surface area contributed by atoms with Crippen LogP contribution in [0.2, 0.25) is 5.02 Å². The fourth-order valence-electron chi connectivity index (χ4n) is 2.21. The Hall–Kier alpha value is -2.37. The number of anilines is 1. The highest BCUT2D eigenvalue weighted by Gasteiger charge is 2.36. The van der Waals surface area contributed by atoms with Gasteiger partial charge in [0.2, 0.25) is 3.79 Å². The van der Waals surface area contributed by atoms with Gasteiger partial charge in [-0.15, -0.1) is 5.48 Å². The smallest absolute Gasteiger partial charge is 0.329 e. The maximum atomic E-state index is 12.0. The van der Waals surface area contributed by atoms with Gasteiger partial charge in [-0.05, 0) is 5.56 Å². The van der Waals surface area contributed by atoms with Gasteiger partial charge in [-0.2, -0.15) is 0 Å². The summed E-state index contributed by atoms with van der Waals surface area (Å²) >= 11 is 23.2. The van der Waals surface area contributed by atoms with Crippen molar-refractivity contribution >= 4 is 69.4 Å². The van der Waals surface area contributed by atoms with Crippen molar-refractivity contribution < 1.29 is 19.5 Å². The molecule has 0 fully saturated rings. The molecule has 14 heteroatoms. The number of alkyl halides is 3. The second kappa shape index (κ2) is 10.1. The van der Waals surface area contributed by atoms with E-state index in [-0.39, 0.29) is 12.1 Å². The summed E-state index contributed by atoms with van der Waals surface area (Å²) in [5.41, 5.74) is 1.21. The van der Waals surface area contributed by atoms with Crippen molar-refractivity contribution in [2.75, 3.05) is 5.32 Å².